The fourth-order valence-electron chi connectivity index (χ4n) is 1.08. The van der Waals surface area contributed by atoms with Crippen molar-refractivity contribution in [3.63, 3.8) is 0 Å². The zero-order chi connectivity index (χ0) is 11.5. The van der Waals surface area contributed by atoms with Crippen LogP contribution in [0.2, 0.25) is 0 Å². The van der Waals surface area contributed by atoms with Crippen molar-refractivity contribution in [2.75, 3.05) is 13.7 Å². The normalized spacial score (nSPS) is 14.2. The number of rotatable bonds is 4. The molecule has 1 unspecified atom stereocenters. The van der Waals surface area contributed by atoms with Gasteiger partial charge >= 0.3 is 6.18 Å². The van der Waals surface area contributed by atoms with Gasteiger partial charge in [-0.2, -0.15) is 18.3 Å². The molecule has 1 heterocycles. The van der Waals surface area contributed by atoms with Crippen molar-refractivity contribution in [2.45, 2.75) is 18.8 Å². The molecule has 1 aromatic rings. The number of aromatic nitrogens is 2. The summed E-state index contributed by atoms with van der Waals surface area (Å²) in [7, 11) is 1.62. The van der Waals surface area contributed by atoms with Gasteiger partial charge in [-0.15, -0.1) is 0 Å². The molecular weight excluding hydrogens is 211 g/mol. The van der Waals surface area contributed by atoms with Crippen LogP contribution in [0.5, 0.6) is 0 Å². The minimum Gasteiger partial charge on any atom is -0.395 e. The Morgan fingerprint density at radius 3 is 2.67 bits per heavy atom. The van der Waals surface area contributed by atoms with E-state index in [9.17, 15) is 13.2 Å². The molecule has 0 aliphatic rings. The highest BCUT2D eigenvalue weighted by Gasteiger charge is 2.32. The highest BCUT2D eigenvalue weighted by molar-refractivity contribution is 5.08. The molecule has 15 heavy (non-hydrogen) atoms. The molecule has 0 amide bonds. The number of nitrogens with one attached hydrogen (secondary N) is 1. The number of alkyl halides is 3. The van der Waals surface area contributed by atoms with Crippen LogP contribution >= 0.6 is 0 Å². The summed E-state index contributed by atoms with van der Waals surface area (Å²) < 4.78 is 37.7. The SMILES string of the molecule is CNC(CO)Cn1cc(C(F)(F)F)cn1. The van der Waals surface area contributed by atoms with E-state index in [1.165, 1.54) is 0 Å². The predicted octanol–water partition coefficient (Wildman–Crippen LogP) is 0.482. The van der Waals surface area contributed by atoms with Crippen LogP contribution in [0.3, 0.4) is 0 Å². The molecular formula is C8H12F3N3O. The van der Waals surface area contributed by atoms with Gasteiger partial charge in [-0.05, 0) is 7.05 Å². The molecule has 0 aromatic carbocycles. The summed E-state index contributed by atoms with van der Waals surface area (Å²) in [5.41, 5.74) is -0.782. The van der Waals surface area contributed by atoms with Gasteiger partial charge in [0.05, 0.1) is 24.9 Å². The number of halogens is 3. The summed E-state index contributed by atoms with van der Waals surface area (Å²) in [5, 5.41) is 15.1. The molecule has 0 radical (unpaired) electrons. The third-order valence-corrected chi connectivity index (χ3v) is 2.00. The Labute approximate surface area is 84.7 Å². The lowest BCUT2D eigenvalue weighted by Crippen LogP contribution is -2.33. The van der Waals surface area contributed by atoms with Crippen LogP contribution in [0.1, 0.15) is 5.56 Å². The maximum absolute atomic E-state index is 12.2. The van der Waals surface area contributed by atoms with E-state index < -0.39 is 11.7 Å². The summed E-state index contributed by atoms with van der Waals surface area (Å²) in [6.45, 7) is 0.0425. The van der Waals surface area contributed by atoms with Crippen molar-refractivity contribution in [3.05, 3.63) is 18.0 Å². The van der Waals surface area contributed by atoms with Crippen molar-refractivity contribution in [2.24, 2.45) is 0 Å². The molecule has 0 bridgehead atoms. The van der Waals surface area contributed by atoms with Crippen LogP contribution in [-0.2, 0) is 12.7 Å². The van der Waals surface area contributed by atoms with Crippen LogP contribution in [0.25, 0.3) is 0 Å². The van der Waals surface area contributed by atoms with E-state index in [2.05, 4.69) is 10.4 Å². The number of hydrogen-bond donors (Lipinski definition) is 2. The number of nitrogens with zero attached hydrogens (tertiary/aromatic N) is 2. The van der Waals surface area contributed by atoms with Gasteiger partial charge in [-0.3, -0.25) is 4.68 Å². The average molecular weight is 223 g/mol. The van der Waals surface area contributed by atoms with Gasteiger partial charge in [0.15, 0.2) is 0 Å². The van der Waals surface area contributed by atoms with Crippen molar-refractivity contribution in [1.29, 1.82) is 0 Å². The fraction of sp³-hybridized carbons (Fsp3) is 0.625. The quantitative estimate of drug-likeness (QED) is 0.780. The van der Waals surface area contributed by atoms with E-state index >= 15 is 0 Å². The van der Waals surface area contributed by atoms with Gasteiger partial charge in [-0.25, -0.2) is 0 Å². The second-order valence-electron chi connectivity index (χ2n) is 3.12. The molecule has 4 nitrogen and oxygen atoms in total. The Balaban J connectivity index is 2.68. The van der Waals surface area contributed by atoms with Crippen molar-refractivity contribution in [3.8, 4) is 0 Å². The van der Waals surface area contributed by atoms with Crippen molar-refractivity contribution >= 4 is 0 Å². The van der Waals surface area contributed by atoms with E-state index in [1.807, 2.05) is 0 Å². The highest BCUT2D eigenvalue weighted by Crippen LogP contribution is 2.28. The lowest BCUT2D eigenvalue weighted by Gasteiger charge is -2.12. The number of aliphatic hydroxyl groups excluding tert-OH is 1. The zero-order valence-corrected chi connectivity index (χ0v) is 8.12. The second kappa shape index (κ2) is 4.63. The Kier molecular flexibility index (Phi) is 3.70. The number of likely N-dealkylation sites (N-methyl/N-ethyl adjacent to an activating group) is 1. The lowest BCUT2D eigenvalue weighted by molar-refractivity contribution is -0.137. The molecule has 86 valence electrons. The Morgan fingerprint density at radius 1 is 1.60 bits per heavy atom. The van der Waals surface area contributed by atoms with Crippen LogP contribution < -0.4 is 5.32 Å². The minimum absolute atomic E-state index is 0.155. The van der Waals surface area contributed by atoms with Gasteiger partial charge in [0.2, 0.25) is 0 Å². The first-order valence-electron chi connectivity index (χ1n) is 4.35. The van der Waals surface area contributed by atoms with E-state index in [4.69, 9.17) is 5.11 Å². The van der Waals surface area contributed by atoms with Gasteiger partial charge in [0.1, 0.15) is 0 Å². The van der Waals surface area contributed by atoms with Gasteiger partial charge < -0.3 is 10.4 Å². The van der Waals surface area contributed by atoms with E-state index in [0.29, 0.717) is 0 Å². The Hall–Kier alpha value is -1.08. The van der Waals surface area contributed by atoms with Crippen LogP contribution in [0, 0.1) is 0 Å². The smallest absolute Gasteiger partial charge is 0.395 e. The molecule has 2 N–H and O–H groups in total. The van der Waals surface area contributed by atoms with Crippen LogP contribution in [-0.4, -0.2) is 34.6 Å². The first-order chi connectivity index (χ1) is 6.97. The minimum atomic E-state index is -4.37. The standard InChI is InChI=1S/C8H12F3N3O/c1-12-7(5-15)4-14-3-6(2-13-14)8(9,10)11/h2-3,7,12,15H,4-5H2,1H3. The zero-order valence-electron chi connectivity index (χ0n) is 8.12. The monoisotopic (exact) mass is 223 g/mol. The second-order valence-corrected chi connectivity index (χ2v) is 3.12. The molecule has 0 saturated carbocycles. The molecule has 0 aliphatic carbocycles. The summed E-state index contributed by atoms with van der Waals surface area (Å²) in [5.74, 6) is 0. The Morgan fingerprint density at radius 2 is 2.27 bits per heavy atom. The Bertz CT molecular complexity index is 306. The lowest BCUT2D eigenvalue weighted by atomic mass is 10.3. The molecule has 0 aliphatic heterocycles. The van der Waals surface area contributed by atoms with E-state index in [0.717, 1.165) is 17.1 Å². The average Bonchev–Trinajstić information content (AvgIpc) is 2.61. The predicted molar refractivity (Wildman–Crippen MR) is 47.2 cm³/mol. The third-order valence-electron chi connectivity index (χ3n) is 2.00. The van der Waals surface area contributed by atoms with Gasteiger partial charge in [0, 0.05) is 12.2 Å². The molecule has 0 saturated heterocycles. The number of hydrogen-bond acceptors (Lipinski definition) is 3. The topological polar surface area (TPSA) is 50.1 Å². The third kappa shape index (κ3) is 3.21. The molecule has 0 spiro atoms. The first kappa shape index (κ1) is 12.0. The summed E-state index contributed by atoms with van der Waals surface area (Å²) in [6, 6.07) is -0.300. The summed E-state index contributed by atoms with van der Waals surface area (Å²) in [4.78, 5) is 0. The summed E-state index contributed by atoms with van der Waals surface area (Å²) in [6.07, 6.45) is -2.68. The first-order valence-corrected chi connectivity index (χ1v) is 4.35. The molecule has 1 rings (SSSR count). The van der Waals surface area contributed by atoms with Crippen molar-refractivity contribution in [1.82, 2.24) is 15.1 Å². The van der Waals surface area contributed by atoms with Gasteiger partial charge in [0.25, 0.3) is 0 Å². The largest absolute Gasteiger partial charge is 0.419 e. The summed E-state index contributed by atoms with van der Waals surface area (Å²) >= 11 is 0. The fourth-order valence-corrected chi connectivity index (χ4v) is 1.08. The van der Waals surface area contributed by atoms with Crippen LogP contribution in [0.15, 0.2) is 12.4 Å². The highest BCUT2D eigenvalue weighted by atomic mass is 19.4. The molecule has 0 fully saturated rings. The van der Waals surface area contributed by atoms with E-state index in [-0.39, 0.29) is 19.2 Å². The number of aliphatic hydroxyl groups is 1. The van der Waals surface area contributed by atoms with Crippen LogP contribution in [0.4, 0.5) is 13.2 Å². The van der Waals surface area contributed by atoms with Gasteiger partial charge in [-0.1, -0.05) is 0 Å². The van der Waals surface area contributed by atoms with Crippen molar-refractivity contribution < 1.29 is 18.3 Å². The molecule has 1 atom stereocenters. The maximum atomic E-state index is 12.2. The van der Waals surface area contributed by atoms with E-state index in [1.54, 1.807) is 7.05 Å². The maximum Gasteiger partial charge on any atom is 0.419 e. The molecule has 7 heteroatoms. The molecule has 1 aromatic heterocycles.